The van der Waals surface area contributed by atoms with Crippen LogP contribution in [0.3, 0.4) is 0 Å². The molecule has 0 amide bonds. The van der Waals surface area contributed by atoms with Gasteiger partial charge in [0, 0.05) is 6.42 Å². The number of nitrogens with zero attached hydrogens (tertiary/aromatic N) is 1. The number of aliphatic hydroxyl groups is 1. The summed E-state index contributed by atoms with van der Waals surface area (Å²) in [5, 5.41) is 16.9. The van der Waals surface area contributed by atoms with Gasteiger partial charge in [-0.15, -0.1) is 0 Å². The average molecular weight is 113 g/mol. The fourth-order valence-electron chi connectivity index (χ4n) is 0.315. The van der Waals surface area contributed by atoms with Crippen molar-refractivity contribution >= 4 is 0 Å². The molecule has 0 heterocycles. The van der Waals surface area contributed by atoms with Gasteiger partial charge in [0.15, 0.2) is 0 Å². The molecule has 0 saturated carbocycles. The van der Waals surface area contributed by atoms with Crippen molar-refractivity contribution in [3.05, 3.63) is 0 Å². The zero-order chi connectivity index (χ0) is 6.57. The molecule has 0 spiro atoms. The first-order valence-corrected chi connectivity index (χ1v) is 2.73. The summed E-state index contributed by atoms with van der Waals surface area (Å²) >= 11 is 0. The van der Waals surface area contributed by atoms with Crippen LogP contribution in [0.25, 0.3) is 0 Å². The van der Waals surface area contributed by atoms with E-state index in [1.807, 2.05) is 13.0 Å². The first kappa shape index (κ1) is 7.45. The van der Waals surface area contributed by atoms with E-state index in [4.69, 9.17) is 10.4 Å². The number of rotatable bonds is 2. The van der Waals surface area contributed by atoms with Crippen molar-refractivity contribution in [2.24, 2.45) is 5.92 Å². The molecule has 0 saturated heterocycles. The fourth-order valence-corrected chi connectivity index (χ4v) is 0.315. The first-order chi connectivity index (χ1) is 3.68. The van der Waals surface area contributed by atoms with Crippen LogP contribution in [-0.4, -0.2) is 11.2 Å². The number of hydrogen-bond donors (Lipinski definition) is 1. The zero-order valence-corrected chi connectivity index (χ0v) is 5.26. The number of aliphatic hydroxyl groups excluding tert-OH is 1. The van der Waals surface area contributed by atoms with Crippen molar-refractivity contribution in [1.82, 2.24) is 0 Å². The predicted molar refractivity (Wildman–Crippen MR) is 31.1 cm³/mol. The lowest BCUT2D eigenvalue weighted by Gasteiger charge is -2.08. The Morgan fingerprint density at radius 1 is 1.62 bits per heavy atom. The maximum Gasteiger partial charge on any atom is 0.0625 e. The van der Waals surface area contributed by atoms with Gasteiger partial charge >= 0.3 is 0 Å². The first-order valence-electron chi connectivity index (χ1n) is 2.73. The van der Waals surface area contributed by atoms with Crippen LogP contribution >= 0.6 is 0 Å². The minimum absolute atomic E-state index is 0.111. The molecule has 0 aromatic heterocycles. The van der Waals surface area contributed by atoms with Crippen molar-refractivity contribution < 1.29 is 5.11 Å². The smallest absolute Gasteiger partial charge is 0.0625 e. The Kier molecular flexibility index (Phi) is 3.21. The van der Waals surface area contributed by atoms with Gasteiger partial charge in [-0.05, 0) is 12.8 Å². The second-order valence-corrected chi connectivity index (χ2v) is 2.08. The molecule has 2 atom stereocenters. The molecule has 2 heteroatoms. The lowest BCUT2D eigenvalue weighted by Crippen LogP contribution is -2.11. The van der Waals surface area contributed by atoms with Gasteiger partial charge in [-0.3, -0.25) is 0 Å². The van der Waals surface area contributed by atoms with Crippen LogP contribution < -0.4 is 0 Å². The molecular formula is C6H11NO. The van der Waals surface area contributed by atoms with E-state index in [-0.39, 0.29) is 12.0 Å². The summed E-state index contributed by atoms with van der Waals surface area (Å²) in [5.41, 5.74) is 0. The molecule has 1 N–H and O–H groups in total. The molecule has 0 radical (unpaired) electrons. The normalized spacial score (nSPS) is 16.8. The fraction of sp³-hybridized carbons (Fsp3) is 0.833. The van der Waals surface area contributed by atoms with E-state index in [0.29, 0.717) is 6.42 Å². The maximum atomic E-state index is 8.80. The molecule has 0 aromatic rings. The molecule has 0 aromatic carbocycles. The van der Waals surface area contributed by atoms with Gasteiger partial charge < -0.3 is 5.11 Å². The Morgan fingerprint density at radius 3 is 2.25 bits per heavy atom. The highest BCUT2D eigenvalue weighted by Crippen LogP contribution is 2.04. The Bertz CT molecular complexity index is 93.2. The quantitative estimate of drug-likeness (QED) is 0.578. The van der Waals surface area contributed by atoms with Crippen molar-refractivity contribution in [2.45, 2.75) is 26.4 Å². The zero-order valence-electron chi connectivity index (χ0n) is 5.26. The van der Waals surface area contributed by atoms with Gasteiger partial charge in [-0.1, -0.05) is 6.92 Å². The lowest BCUT2D eigenvalue weighted by atomic mass is 10.0. The van der Waals surface area contributed by atoms with E-state index >= 15 is 0 Å². The van der Waals surface area contributed by atoms with Gasteiger partial charge in [0.25, 0.3) is 0 Å². The van der Waals surface area contributed by atoms with Crippen LogP contribution in [0.4, 0.5) is 0 Å². The molecule has 0 bridgehead atoms. The van der Waals surface area contributed by atoms with Crippen LogP contribution in [0.2, 0.25) is 0 Å². The Hall–Kier alpha value is -0.550. The van der Waals surface area contributed by atoms with Crippen LogP contribution in [0, 0.1) is 17.2 Å². The van der Waals surface area contributed by atoms with E-state index < -0.39 is 0 Å². The van der Waals surface area contributed by atoms with E-state index in [1.54, 1.807) is 6.92 Å². The van der Waals surface area contributed by atoms with Crippen molar-refractivity contribution in [1.29, 1.82) is 5.26 Å². The summed E-state index contributed by atoms with van der Waals surface area (Å²) in [6, 6.07) is 1.99. The highest BCUT2D eigenvalue weighted by atomic mass is 16.3. The van der Waals surface area contributed by atoms with Crippen molar-refractivity contribution in [2.75, 3.05) is 0 Å². The van der Waals surface area contributed by atoms with Gasteiger partial charge in [-0.2, -0.15) is 5.26 Å². The molecule has 2 nitrogen and oxygen atoms in total. The molecule has 0 rings (SSSR count). The van der Waals surface area contributed by atoms with E-state index in [2.05, 4.69) is 0 Å². The summed E-state index contributed by atoms with van der Waals surface area (Å²) in [4.78, 5) is 0. The topological polar surface area (TPSA) is 44.0 Å². The van der Waals surface area contributed by atoms with Crippen LogP contribution in [0.1, 0.15) is 20.3 Å². The summed E-state index contributed by atoms with van der Waals surface area (Å²) in [7, 11) is 0. The van der Waals surface area contributed by atoms with E-state index in [0.717, 1.165) is 0 Å². The Morgan fingerprint density at radius 2 is 2.12 bits per heavy atom. The summed E-state index contributed by atoms with van der Waals surface area (Å²) in [6.45, 7) is 3.55. The molecule has 0 aliphatic carbocycles. The van der Waals surface area contributed by atoms with Gasteiger partial charge in [0.1, 0.15) is 0 Å². The average Bonchev–Trinajstić information content (AvgIpc) is 1.67. The lowest BCUT2D eigenvalue weighted by molar-refractivity contribution is 0.137. The third-order valence-electron chi connectivity index (χ3n) is 1.24. The number of hydrogen-bond acceptors (Lipinski definition) is 2. The van der Waals surface area contributed by atoms with Crippen LogP contribution in [0.5, 0.6) is 0 Å². The summed E-state index contributed by atoms with van der Waals surface area (Å²) in [6.07, 6.45) is 0.0900. The largest absolute Gasteiger partial charge is 0.393 e. The molecule has 0 aliphatic rings. The van der Waals surface area contributed by atoms with Crippen LogP contribution in [-0.2, 0) is 0 Å². The maximum absolute atomic E-state index is 8.80. The van der Waals surface area contributed by atoms with E-state index in [1.165, 1.54) is 0 Å². The molecule has 8 heavy (non-hydrogen) atoms. The van der Waals surface area contributed by atoms with Gasteiger partial charge in [0.05, 0.1) is 12.2 Å². The highest BCUT2D eigenvalue weighted by molar-refractivity contribution is 4.75. The standard InChI is InChI=1S/C6H11NO/c1-5(3-4-7)6(2)8/h5-6,8H,3H2,1-2H3/t5-,6+/m0/s1. The third-order valence-corrected chi connectivity index (χ3v) is 1.24. The molecule has 0 fully saturated rings. The SMILES string of the molecule is C[C@@H](O)[C@@H](C)CC#N. The Labute approximate surface area is 49.8 Å². The van der Waals surface area contributed by atoms with Crippen molar-refractivity contribution in [3.63, 3.8) is 0 Å². The summed E-state index contributed by atoms with van der Waals surface area (Å²) in [5.74, 6) is 0.111. The third kappa shape index (κ3) is 2.59. The molecule has 0 unspecified atom stereocenters. The van der Waals surface area contributed by atoms with E-state index in [9.17, 15) is 0 Å². The second kappa shape index (κ2) is 3.45. The number of nitriles is 1. The Balaban J connectivity index is 3.35. The van der Waals surface area contributed by atoms with Crippen LogP contribution in [0.15, 0.2) is 0 Å². The molecular weight excluding hydrogens is 102 g/mol. The second-order valence-electron chi connectivity index (χ2n) is 2.08. The predicted octanol–water partition coefficient (Wildman–Crippen LogP) is 0.917. The monoisotopic (exact) mass is 113 g/mol. The highest BCUT2D eigenvalue weighted by Gasteiger charge is 2.05. The van der Waals surface area contributed by atoms with Gasteiger partial charge in [0.2, 0.25) is 0 Å². The minimum Gasteiger partial charge on any atom is -0.393 e. The molecule has 46 valence electrons. The van der Waals surface area contributed by atoms with Crippen molar-refractivity contribution in [3.8, 4) is 6.07 Å². The van der Waals surface area contributed by atoms with Gasteiger partial charge in [-0.25, -0.2) is 0 Å². The minimum atomic E-state index is -0.352. The molecule has 0 aliphatic heterocycles. The summed E-state index contributed by atoms with van der Waals surface area (Å²) < 4.78 is 0.